The molecule has 1 N–H and O–H groups in total. The highest BCUT2D eigenvalue weighted by molar-refractivity contribution is 7.15. The van der Waals surface area contributed by atoms with Gasteiger partial charge in [0.2, 0.25) is 5.78 Å². The quantitative estimate of drug-likeness (QED) is 0.855. The number of Topliss-reactive ketones (excluding diaryl/α,β-unsaturated/α-hetero) is 1. The number of thiazole rings is 1. The van der Waals surface area contributed by atoms with Crippen molar-refractivity contribution >= 4 is 23.1 Å². The number of aromatic nitrogens is 1. The predicted molar refractivity (Wildman–Crippen MR) is 84.3 cm³/mol. The molecule has 116 valence electrons. The summed E-state index contributed by atoms with van der Waals surface area (Å²) in [5.41, 5.74) is 3.49. The Morgan fingerprint density at radius 3 is 2.50 bits per heavy atom. The Kier molecular flexibility index (Phi) is 4.61. The smallest absolute Gasteiger partial charge is 0.347 e. The van der Waals surface area contributed by atoms with Crippen molar-refractivity contribution in [2.45, 2.75) is 27.7 Å². The lowest BCUT2D eigenvalue weighted by Crippen LogP contribution is -2.12. The standard InChI is InChI=1S/C16H17NO4S/c1-8-5-9(2)10(3)13(6-8)21-7-12(18)15-17-11(4)14(22-15)16(19)20/h5-6H,7H2,1-4H3,(H,19,20). The lowest BCUT2D eigenvalue weighted by molar-refractivity contribution is 0.0701. The average molecular weight is 319 g/mol. The maximum Gasteiger partial charge on any atom is 0.347 e. The Balaban J connectivity index is 2.14. The molecule has 2 rings (SSSR count). The first-order valence-corrected chi connectivity index (χ1v) is 7.55. The van der Waals surface area contributed by atoms with Gasteiger partial charge in [-0.2, -0.15) is 0 Å². The fraction of sp³-hybridized carbons (Fsp3) is 0.312. The first-order chi connectivity index (χ1) is 10.3. The number of aromatic carboxylic acids is 1. The second-order valence-corrected chi connectivity index (χ2v) is 6.15. The minimum Gasteiger partial charge on any atom is -0.485 e. The van der Waals surface area contributed by atoms with Crippen molar-refractivity contribution in [2.75, 3.05) is 6.61 Å². The van der Waals surface area contributed by atoms with E-state index < -0.39 is 5.97 Å². The van der Waals surface area contributed by atoms with Gasteiger partial charge in [-0.05, 0) is 50.5 Å². The Hall–Kier alpha value is -2.21. The van der Waals surface area contributed by atoms with Crippen molar-refractivity contribution in [2.24, 2.45) is 0 Å². The summed E-state index contributed by atoms with van der Waals surface area (Å²) in [6.07, 6.45) is 0. The van der Waals surface area contributed by atoms with Crippen molar-refractivity contribution in [1.29, 1.82) is 0 Å². The van der Waals surface area contributed by atoms with E-state index in [0.717, 1.165) is 28.0 Å². The van der Waals surface area contributed by atoms with Crippen molar-refractivity contribution in [3.63, 3.8) is 0 Å². The first kappa shape index (κ1) is 16.2. The van der Waals surface area contributed by atoms with Crippen LogP contribution in [0.4, 0.5) is 0 Å². The zero-order valence-corrected chi connectivity index (χ0v) is 13.7. The number of hydrogen-bond acceptors (Lipinski definition) is 5. The van der Waals surface area contributed by atoms with E-state index in [1.807, 2.05) is 32.9 Å². The number of benzene rings is 1. The number of carboxylic acids is 1. The third-order valence-electron chi connectivity index (χ3n) is 3.35. The number of aryl methyl sites for hydroxylation is 3. The van der Waals surface area contributed by atoms with Gasteiger partial charge < -0.3 is 9.84 Å². The number of carbonyl (C=O) groups excluding carboxylic acids is 1. The van der Waals surface area contributed by atoms with Crippen LogP contribution in [0.3, 0.4) is 0 Å². The molecule has 0 amide bonds. The van der Waals surface area contributed by atoms with Gasteiger partial charge >= 0.3 is 5.97 Å². The molecule has 0 saturated heterocycles. The van der Waals surface area contributed by atoms with E-state index in [2.05, 4.69) is 4.98 Å². The normalized spacial score (nSPS) is 10.5. The number of carboxylic acid groups (broad SMARTS) is 1. The molecule has 22 heavy (non-hydrogen) atoms. The molecule has 0 radical (unpaired) electrons. The monoisotopic (exact) mass is 319 g/mol. The Morgan fingerprint density at radius 1 is 1.23 bits per heavy atom. The van der Waals surface area contributed by atoms with Crippen molar-refractivity contribution < 1.29 is 19.4 Å². The van der Waals surface area contributed by atoms with Gasteiger partial charge in [0, 0.05) is 0 Å². The summed E-state index contributed by atoms with van der Waals surface area (Å²) in [4.78, 5) is 27.2. The van der Waals surface area contributed by atoms with Gasteiger partial charge in [-0.1, -0.05) is 6.07 Å². The first-order valence-electron chi connectivity index (χ1n) is 6.74. The van der Waals surface area contributed by atoms with E-state index in [9.17, 15) is 9.59 Å². The molecule has 0 aliphatic rings. The van der Waals surface area contributed by atoms with Crippen molar-refractivity contribution in [3.05, 3.63) is 44.4 Å². The molecule has 0 fully saturated rings. The van der Waals surface area contributed by atoms with Gasteiger partial charge in [0.25, 0.3) is 0 Å². The van der Waals surface area contributed by atoms with Crippen molar-refractivity contribution in [1.82, 2.24) is 4.98 Å². The second-order valence-electron chi connectivity index (χ2n) is 5.16. The molecule has 1 aromatic heterocycles. The van der Waals surface area contributed by atoms with Gasteiger partial charge in [0.15, 0.2) is 11.6 Å². The van der Waals surface area contributed by atoms with Crippen LogP contribution < -0.4 is 4.74 Å². The van der Waals surface area contributed by atoms with E-state index >= 15 is 0 Å². The summed E-state index contributed by atoms with van der Waals surface area (Å²) in [5.74, 6) is -0.725. The van der Waals surface area contributed by atoms with Crippen LogP contribution in [0.1, 0.15) is 41.9 Å². The van der Waals surface area contributed by atoms with E-state index in [0.29, 0.717) is 11.4 Å². The van der Waals surface area contributed by atoms with Crippen LogP contribution in [-0.2, 0) is 0 Å². The summed E-state index contributed by atoms with van der Waals surface area (Å²) >= 11 is 0.881. The molecule has 2 aromatic rings. The topological polar surface area (TPSA) is 76.5 Å². The van der Waals surface area contributed by atoms with Gasteiger partial charge in [0.05, 0.1) is 5.69 Å². The van der Waals surface area contributed by atoms with Crippen molar-refractivity contribution in [3.8, 4) is 5.75 Å². The molecule has 0 atom stereocenters. The fourth-order valence-electron chi connectivity index (χ4n) is 2.07. The van der Waals surface area contributed by atoms with Crippen LogP contribution in [-0.4, -0.2) is 28.4 Å². The van der Waals surface area contributed by atoms with E-state index in [4.69, 9.17) is 9.84 Å². The SMILES string of the molecule is Cc1cc(C)c(C)c(OCC(=O)c2nc(C)c(C(=O)O)s2)c1. The minimum atomic E-state index is -1.07. The van der Waals surface area contributed by atoms with Gasteiger partial charge in [-0.3, -0.25) is 4.79 Å². The molecule has 0 aliphatic heterocycles. The van der Waals surface area contributed by atoms with Crippen LogP contribution >= 0.6 is 11.3 Å². The Morgan fingerprint density at radius 2 is 1.91 bits per heavy atom. The molecule has 0 aliphatic carbocycles. The van der Waals surface area contributed by atoms with Crippen LogP contribution in [0.15, 0.2) is 12.1 Å². The zero-order valence-electron chi connectivity index (χ0n) is 12.9. The van der Waals surface area contributed by atoms with Gasteiger partial charge in [-0.25, -0.2) is 9.78 Å². The summed E-state index contributed by atoms with van der Waals surface area (Å²) in [5, 5.41) is 9.16. The Labute approximate surface area is 132 Å². The zero-order chi connectivity index (χ0) is 16.4. The van der Waals surface area contributed by atoms with E-state index in [-0.39, 0.29) is 22.3 Å². The molecular formula is C16H17NO4S. The minimum absolute atomic E-state index is 0.0888. The summed E-state index contributed by atoms with van der Waals surface area (Å²) in [6.45, 7) is 7.30. The third-order valence-corrected chi connectivity index (χ3v) is 4.54. The van der Waals surface area contributed by atoms with E-state index in [1.54, 1.807) is 6.92 Å². The number of ketones is 1. The third kappa shape index (κ3) is 3.33. The number of rotatable bonds is 5. The van der Waals surface area contributed by atoms with Crippen LogP contribution in [0.5, 0.6) is 5.75 Å². The van der Waals surface area contributed by atoms with E-state index in [1.165, 1.54) is 0 Å². The predicted octanol–water partition coefficient (Wildman–Crippen LogP) is 3.34. The molecular weight excluding hydrogens is 302 g/mol. The summed E-state index contributed by atoms with van der Waals surface area (Å²) < 4.78 is 5.59. The molecule has 5 nitrogen and oxygen atoms in total. The molecule has 1 heterocycles. The van der Waals surface area contributed by atoms with Gasteiger partial charge in [-0.15, -0.1) is 11.3 Å². The number of hydrogen-bond donors (Lipinski definition) is 1. The fourth-order valence-corrected chi connectivity index (χ4v) is 2.90. The summed E-state index contributed by atoms with van der Waals surface area (Å²) in [7, 11) is 0. The highest BCUT2D eigenvalue weighted by Crippen LogP contribution is 2.24. The molecule has 0 bridgehead atoms. The lowest BCUT2D eigenvalue weighted by Gasteiger charge is -2.11. The highest BCUT2D eigenvalue weighted by Gasteiger charge is 2.19. The molecule has 0 spiro atoms. The lowest BCUT2D eigenvalue weighted by atomic mass is 10.1. The Bertz CT molecular complexity index is 749. The molecule has 1 aromatic carbocycles. The van der Waals surface area contributed by atoms with Crippen LogP contribution in [0.25, 0.3) is 0 Å². The number of ether oxygens (including phenoxy) is 1. The second kappa shape index (κ2) is 6.27. The van der Waals surface area contributed by atoms with Crippen LogP contribution in [0, 0.1) is 27.7 Å². The number of nitrogens with zero attached hydrogens (tertiary/aromatic N) is 1. The summed E-state index contributed by atoms with van der Waals surface area (Å²) in [6, 6.07) is 3.93. The maximum absolute atomic E-state index is 12.1. The van der Waals surface area contributed by atoms with Gasteiger partial charge in [0.1, 0.15) is 10.6 Å². The largest absolute Gasteiger partial charge is 0.485 e. The molecule has 6 heteroatoms. The van der Waals surface area contributed by atoms with Crippen LogP contribution in [0.2, 0.25) is 0 Å². The average Bonchev–Trinajstić information content (AvgIpc) is 2.83. The highest BCUT2D eigenvalue weighted by atomic mass is 32.1. The molecule has 0 unspecified atom stereocenters. The maximum atomic E-state index is 12.1. The number of carbonyl (C=O) groups is 2. The molecule has 0 saturated carbocycles.